The van der Waals surface area contributed by atoms with E-state index in [9.17, 15) is 0 Å². The summed E-state index contributed by atoms with van der Waals surface area (Å²) in [4.78, 5) is 6.02. The first-order valence-electron chi connectivity index (χ1n) is 6.90. The maximum Gasteiger partial charge on any atom is 0.127 e. The number of imidazole rings is 1. The van der Waals surface area contributed by atoms with Gasteiger partial charge in [0.05, 0.1) is 20.7 Å². The molecule has 1 aromatic carbocycles. The largest absolute Gasteiger partial charge is 0.326 e. The molecule has 2 nitrogen and oxygen atoms in total. The second kappa shape index (κ2) is 5.99. The van der Waals surface area contributed by atoms with Crippen LogP contribution in [0.2, 0.25) is 4.34 Å². The quantitative estimate of drug-likeness (QED) is 0.566. The van der Waals surface area contributed by atoms with E-state index in [1.807, 2.05) is 13.0 Å². The number of nitrogens with zero attached hydrogens (tertiary/aromatic N) is 2. The van der Waals surface area contributed by atoms with Crippen molar-refractivity contribution in [3.63, 3.8) is 0 Å². The van der Waals surface area contributed by atoms with Crippen molar-refractivity contribution in [2.45, 2.75) is 32.2 Å². The highest BCUT2D eigenvalue weighted by Crippen LogP contribution is 2.28. The highest BCUT2D eigenvalue weighted by Gasteiger charge is 2.16. The molecule has 0 radical (unpaired) electrons. The van der Waals surface area contributed by atoms with E-state index in [1.165, 1.54) is 10.4 Å². The normalized spacial score (nSPS) is 13.0. The monoisotopic (exact) mass is 338 g/mol. The number of benzene rings is 1. The van der Waals surface area contributed by atoms with E-state index in [-0.39, 0.29) is 5.38 Å². The molecule has 0 aliphatic rings. The van der Waals surface area contributed by atoms with Gasteiger partial charge in [0.15, 0.2) is 0 Å². The number of hydrogen-bond donors (Lipinski definition) is 0. The molecule has 5 heteroatoms. The molecule has 0 N–H and O–H groups in total. The second-order valence-electron chi connectivity index (χ2n) is 5.14. The van der Waals surface area contributed by atoms with Crippen LogP contribution in [0.4, 0.5) is 0 Å². The zero-order valence-corrected chi connectivity index (χ0v) is 14.3. The molecule has 21 heavy (non-hydrogen) atoms. The minimum Gasteiger partial charge on any atom is -0.326 e. The summed E-state index contributed by atoms with van der Waals surface area (Å²) in [5, 5.41) is -0.108. The number of halogens is 2. The van der Waals surface area contributed by atoms with Crippen molar-refractivity contribution in [3.8, 4) is 0 Å². The highest BCUT2D eigenvalue weighted by atomic mass is 35.5. The van der Waals surface area contributed by atoms with E-state index in [0.717, 1.165) is 34.2 Å². The van der Waals surface area contributed by atoms with Crippen LogP contribution in [0.3, 0.4) is 0 Å². The first-order chi connectivity index (χ1) is 10.1. The Kier molecular flexibility index (Phi) is 4.25. The molecular formula is C16H16Cl2N2S. The molecule has 0 saturated carbocycles. The predicted molar refractivity (Wildman–Crippen MR) is 91.8 cm³/mol. The third-order valence-corrected chi connectivity index (χ3v) is 5.06. The minimum atomic E-state index is -0.108. The van der Waals surface area contributed by atoms with Gasteiger partial charge in [-0.25, -0.2) is 4.98 Å². The summed E-state index contributed by atoms with van der Waals surface area (Å²) in [6.45, 7) is 4.92. The van der Waals surface area contributed by atoms with Gasteiger partial charge in [0, 0.05) is 11.4 Å². The zero-order valence-electron chi connectivity index (χ0n) is 11.9. The lowest BCUT2D eigenvalue weighted by atomic mass is 10.2. The van der Waals surface area contributed by atoms with Gasteiger partial charge >= 0.3 is 0 Å². The van der Waals surface area contributed by atoms with Crippen molar-refractivity contribution in [1.82, 2.24) is 9.55 Å². The SMILES string of the molecule is Cc1cccc2c1nc(C(C)Cl)n2CCc1ccc(Cl)s1. The molecule has 0 amide bonds. The van der Waals surface area contributed by atoms with Gasteiger partial charge in [-0.15, -0.1) is 22.9 Å². The Morgan fingerprint density at radius 3 is 2.76 bits per heavy atom. The number of para-hydroxylation sites is 1. The fourth-order valence-corrected chi connectivity index (χ4v) is 3.79. The van der Waals surface area contributed by atoms with E-state index in [4.69, 9.17) is 28.2 Å². The Labute approximate surface area is 138 Å². The first kappa shape index (κ1) is 14.9. The lowest BCUT2D eigenvalue weighted by Gasteiger charge is -2.09. The van der Waals surface area contributed by atoms with Gasteiger partial charge in [-0.05, 0) is 44.0 Å². The number of aromatic nitrogens is 2. The van der Waals surface area contributed by atoms with E-state index in [2.05, 4.69) is 35.8 Å². The number of alkyl halides is 1. The Bertz CT molecular complexity index is 774. The zero-order chi connectivity index (χ0) is 15.0. The Morgan fingerprint density at radius 2 is 2.10 bits per heavy atom. The van der Waals surface area contributed by atoms with Gasteiger partial charge in [0.25, 0.3) is 0 Å². The van der Waals surface area contributed by atoms with Crippen LogP contribution in [0.15, 0.2) is 30.3 Å². The summed E-state index contributed by atoms with van der Waals surface area (Å²) < 4.78 is 3.07. The molecule has 2 heterocycles. The minimum absolute atomic E-state index is 0.108. The lowest BCUT2D eigenvalue weighted by molar-refractivity contribution is 0.672. The van der Waals surface area contributed by atoms with Crippen LogP contribution in [-0.4, -0.2) is 9.55 Å². The maximum atomic E-state index is 6.32. The number of rotatable bonds is 4. The standard InChI is InChI=1S/C16H16Cl2N2S/c1-10-4-3-5-13-15(10)19-16(11(2)17)20(13)9-8-12-6-7-14(18)21-12/h3-7,11H,8-9H2,1-2H3. The molecule has 0 aliphatic carbocycles. The van der Waals surface area contributed by atoms with E-state index in [1.54, 1.807) is 11.3 Å². The molecule has 0 saturated heterocycles. The fourth-order valence-electron chi connectivity index (χ4n) is 2.55. The predicted octanol–water partition coefficient (Wildman–Crippen LogP) is 5.60. The Morgan fingerprint density at radius 1 is 1.29 bits per heavy atom. The number of fused-ring (bicyclic) bond motifs is 1. The summed E-state index contributed by atoms with van der Waals surface area (Å²) in [6.07, 6.45) is 0.938. The summed E-state index contributed by atoms with van der Waals surface area (Å²) >= 11 is 13.9. The third kappa shape index (κ3) is 2.96. The van der Waals surface area contributed by atoms with Crippen LogP contribution in [0.5, 0.6) is 0 Å². The van der Waals surface area contributed by atoms with Gasteiger partial charge in [-0.3, -0.25) is 0 Å². The van der Waals surface area contributed by atoms with Crippen molar-refractivity contribution in [1.29, 1.82) is 0 Å². The Hall–Kier alpha value is -1.03. The molecule has 110 valence electrons. The van der Waals surface area contributed by atoms with Gasteiger partial charge in [0.2, 0.25) is 0 Å². The third-order valence-electron chi connectivity index (χ3n) is 3.58. The molecular weight excluding hydrogens is 323 g/mol. The van der Waals surface area contributed by atoms with Gasteiger partial charge < -0.3 is 4.57 Å². The molecule has 3 rings (SSSR count). The topological polar surface area (TPSA) is 17.8 Å². The van der Waals surface area contributed by atoms with Crippen LogP contribution in [-0.2, 0) is 13.0 Å². The van der Waals surface area contributed by atoms with Gasteiger partial charge in [-0.2, -0.15) is 0 Å². The van der Waals surface area contributed by atoms with E-state index in [0.29, 0.717) is 0 Å². The molecule has 2 aromatic heterocycles. The van der Waals surface area contributed by atoms with Crippen LogP contribution in [0, 0.1) is 6.92 Å². The Balaban J connectivity index is 1.99. The molecule has 0 spiro atoms. The van der Waals surface area contributed by atoms with E-state index < -0.39 is 0 Å². The summed E-state index contributed by atoms with van der Waals surface area (Å²) in [5.41, 5.74) is 3.38. The van der Waals surface area contributed by atoms with Crippen LogP contribution >= 0.6 is 34.5 Å². The van der Waals surface area contributed by atoms with Crippen LogP contribution < -0.4 is 0 Å². The number of thiophene rings is 1. The molecule has 0 fully saturated rings. The summed E-state index contributed by atoms with van der Waals surface area (Å²) in [7, 11) is 0. The average molecular weight is 339 g/mol. The summed E-state index contributed by atoms with van der Waals surface area (Å²) in [6, 6.07) is 10.3. The maximum absolute atomic E-state index is 6.32. The van der Waals surface area contributed by atoms with Crippen molar-refractivity contribution < 1.29 is 0 Å². The van der Waals surface area contributed by atoms with Crippen LogP contribution in [0.1, 0.15) is 28.6 Å². The van der Waals surface area contributed by atoms with Crippen LogP contribution in [0.25, 0.3) is 11.0 Å². The molecule has 0 bridgehead atoms. The number of hydrogen-bond acceptors (Lipinski definition) is 2. The smallest absolute Gasteiger partial charge is 0.127 e. The van der Waals surface area contributed by atoms with Crippen molar-refractivity contribution in [3.05, 3.63) is 50.9 Å². The van der Waals surface area contributed by atoms with Crippen molar-refractivity contribution >= 4 is 45.6 Å². The highest BCUT2D eigenvalue weighted by molar-refractivity contribution is 7.16. The van der Waals surface area contributed by atoms with Gasteiger partial charge in [-0.1, -0.05) is 23.7 Å². The summed E-state index contributed by atoms with van der Waals surface area (Å²) in [5.74, 6) is 0.934. The molecule has 0 aliphatic heterocycles. The average Bonchev–Trinajstić information content (AvgIpc) is 3.01. The fraction of sp³-hybridized carbons (Fsp3) is 0.312. The lowest BCUT2D eigenvalue weighted by Crippen LogP contribution is -2.06. The van der Waals surface area contributed by atoms with E-state index >= 15 is 0 Å². The van der Waals surface area contributed by atoms with Crippen molar-refractivity contribution in [2.24, 2.45) is 0 Å². The molecule has 1 atom stereocenters. The molecule has 1 unspecified atom stereocenters. The van der Waals surface area contributed by atoms with Gasteiger partial charge in [0.1, 0.15) is 5.82 Å². The van der Waals surface area contributed by atoms with Crippen molar-refractivity contribution in [2.75, 3.05) is 0 Å². The molecule has 3 aromatic rings. The second-order valence-corrected chi connectivity index (χ2v) is 7.59. The first-order valence-corrected chi connectivity index (χ1v) is 8.53. The number of aryl methyl sites for hydroxylation is 3.